The summed E-state index contributed by atoms with van der Waals surface area (Å²) in [5, 5.41) is 0. The third-order valence-corrected chi connectivity index (χ3v) is 6.20. The van der Waals surface area contributed by atoms with Gasteiger partial charge in [-0.3, -0.25) is 0 Å². The van der Waals surface area contributed by atoms with Crippen LogP contribution >= 0.6 is 0 Å². The van der Waals surface area contributed by atoms with Crippen LogP contribution in [-0.2, 0) is 0 Å². The van der Waals surface area contributed by atoms with Gasteiger partial charge >= 0.3 is 0 Å². The lowest BCUT2D eigenvalue weighted by Gasteiger charge is -2.37. The number of rotatable bonds is 7. The molecule has 2 rings (SSSR count). The Morgan fingerprint density at radius 1 is 0.762 bits per heavy atom. The van der Waals surface area contributed by atoms with E-state index in [1.54, 1.807) is 25.7 Å². The summed E-state index contributed by atoms with van der Waals surface area (Å²) in [5.41, 5.74) is 0. The summed E-state index contributed by atoms with van der Waals surface area (Å²) in [6.45, 7) is 4.61. The molecule has 0 heteroatoms. The molecule has 0 unspecified atom stereocenters. The van der Waals surface area contributed by atoms with Gasteiger partial charge in [0.2, 0.25) is 0 Å². The van der Waals surface area contributed by atoms with Gasteiger partial charge in [0.25, 0.3) is 0 Å². The summed E-state index contributed by atoms with van der Waals surface area (Å²) in [6, 6.07) is 0. The van der Waals surface area contributed by atoms with Crippen LogP contribution in [0.1, 0.15) is 97.3 Å². The van der Waals surface area contributed by atoms with Gasteiger partial charge in [0, 0.05) is 0 Å². The van der Waals surface area contributed by atoms with Gasteiger partial charge in [0.1, 0.15) is 0 Å². The maximum atomic E-state index is 2.53. The molecule has 2 aliphatic carbocycles. The summed E-state index contributed by atoms with van der Waals surface area (Å²) in [4.78, 5) is 0. The second-order valence-corrected chi connectivity index (χ2v) is 7.81. The third-order valence-electron chi connectivity index (χ3n) is 6.20. The van der Waals surface area contributed by atoms with Crippen LogP contribution in [0.3, 0.4) is 0 Å². The van der Waals surface area contributed by atoms with Crippen molar-refractivity contribution in [3.8, 4) is 0 Å². The summed E-state index contributed by atoms with van der Waals surface area (Å²) in [7, 11) is 0. The maximum absolute atomic E-state index is 2.53. The molecule has 2 saturated carbocycles. The van der Waals surface area contributed by atoms with Crippen molar-refractivity contribution in [2.75, 3.05) is 0 Å². The highest BCUT2D eigenvalue weighted by molar-refractivity contribution is 4.92. The molecule has 0 heterocycles. The fourth-order valence-electron chi connectivity index (χ4n) is 4.71. The van der Waals surface area contributed by atoms with E-state index in [-0.39, 0.29) is 0 Å². The average Bonchev–Trinajstić information content (AvgIpc) is 2.54. The Balaban J connectivity index is 1.64. The maximum Gasteiger partial charge on any atom is -0.0233 e. The summed E-state index contributed by atoms with van der Waals surface area (Å²) < 4.78 is 0. The molecule has 0 aromatic heterocycles. The van der Waals surface area contributed by atoms with E-state index in [0.717, 1.165) is 23.7 Å². The van der Waals surface area contributed by atoms with Gasteiger partial charge in [-0.15, -0.1) is 0 Å². The largest absolute Gasteiger partial charge is 0.0883 e. The predicted molar refractivity (Wildman–Crippen MR) is 94.5 cm³/mol. The molecular formula is C21H38. The van der Waals surface area contributed by atoms with Crippen LogP contribution in [0.25, 0.3) is 0 Å². The molecule has 0 bridgehead atoms. The van der Waals surface area contributed by atoms with Gasteiger partial charge in [-0.25, -0.2) is 0 Å². The SMILES string of the molecule is CCC/C=C/C1CCC(C2CCC(CCCC)CC2)CC1. The zero-order valence-corrected chi connectivity index (χ0v) is 14.7. The molecule has 0 N–H and O–H groups in total. The van der Waals surface area contributed by atoms with Crippen molar-refractivity contribution in [1.29, 1.82) is 0 Å². The minimum atomic E-state index is 0.911. The van der Waals surface area contributed by atoms with Crippen LogP contribution in [0.15, 0.2) is 12.2 Å². The lowest BCUT2D eigenvalue weighted by molar-refractivity contribution is 0.151. The Kier molecular flexibility index (Phi) is 7.89. The minimum absolute atomic E-state index is 0.911. The molecule has 21 heavy (non-hydrogen) atoms. The first-order valence-electron chi connectivity index (χ1n) is 10.00. The lowest BCUT2D eigenvalue weighted by Crippen LogP contribution is -2.25. The van der Waals surface area contributed by atoms with Gasteiger partial charge in [-0.1, -0.05) is 64.5 Å². The quantitative estimate of drug-likeness (QED) is 0.437. The standard InChI is InChI=1S/C21H38/c1-3-5-7-9-19-12-16-21(17-13-19)20-14-10-18(11-15-20)8-6-4-2/h7,9,18-21H,3-6,8,10-17H2,1-2H3/b9-7+. The summed E-state index contributed by atoms with van der Waals surface area (Å²) >= 11 is 0. The van der Waals surface area contributed by atoms with E-state index in [4.69, 9.17) is 0 Å². The van der Waals surface area contributed by atoms with Gasteiger partial charge < -0.3 is 0 Å². The molecule has 0 nitrogen and oxygen atoms in total. The van der Waals surface area contributed by atoms with Gasteiger partial charge in [-0.2, -0.15) is 0 Å². The highest BCUT2D eigenvalue weighted by atomic mass is 14.4. The molecule has 0 aromatic carbocycles. The Morgan fingerprint density at radius 3 is 1.95 bits per heavy atom. The first-order valence-corrected chi connectivity index (χ1v) is 10.00. The van der Waals surface area contributed by atoms with E-state index >= 15 is 0 Å². The monoisotopic (exact) mass is 290 g/mol. The first-order chi connectivity index (χ1) is 10.3. The van der Waals surface area contributed by atoms with E-state index in [1.165, 1.54) is 57.8 Å². The first kappa shape index (κ1) is 17.1. The highest BCUT2D eigenvalue weighted by Crippen LogP contribution is 2.42. The fourth-order valence-corrected chi connectivity index (χ4v) is 4.71. The molecule has 0 radical (unpaired) electrons. The van der Waals surface area contributed by atoms with Crippen LogP contribution in [0, 0.1) is 23.7 Å². The number of hydrogen-bond donors (Lipinski definition) is 0. The molecule has 0 spiro atoms. The van der Waals surface area contributed by atoms with E-state index in [0.29, 0.717) is 0 Å². The fraction of sp³-hybridized carbons (Fsp3) is 0.905. The second-order valence-electron chi connectivity index (χ2n) is 7.81. The molecular weight excluding hydrogens is 252 g/mol. The average molecular weight is 291 g/mol. The van der Waals surface area contributed by atoms with Crippen molar-refractivity contribution >= 4 is 0 Å². The van der Waals surface area contributed by atoms with Crippen molar-refractivity contribution in [2.24, 2.45) is 23.7 Å². The van der Waals surface area contributed by atoms with Crippen LogP contribution < -0.4 is 0 Å². The Hall–Kier alpha value is -0.260. The van der Waals surface area contributed by atoms with Gasteiger partial charge in [0.15, 0.2) is 0 Å². The Bertz CT molecular complexity index is 274. The Morgan fingerprint density at radius 2 is 1.38 bits per heavy atom. The van der Waals surface area contributed by atoms with Gasteiger partial charge in [-0.05, 0) is 68.6 Å². The van der Waals surface area contributed by atoms with Crippen LogP contribution in [0.2, 0.25) is 0 Å². The van der Waals surface area contributed by atoms with E-state index < -0.39 is 0 Å². The number of allylic oxidation sites excluding steroid dienone is 2. The van der Waals surface area contributed by atoms with Gasteiger partial charge in [0.05, 0.1) is 0 Å². The zero-order chi connectivity index (χ0) is 14.9. The lowest BCUT2D eigenvalue weighted by atomic mass is 9.68. The van der Waals surface area contributed by atoms with Crippen molar-refractivity contribution in [2.45, 2.75) is 97.3 Å². The Labute approximate surface area is 133 Å². The number of unbranched alkanes of at least 4 members (excludes halogenated alkanes) is 2. The van der Waals surface area contributed by atoms with Crippen molar-refractivity contribution in [1.82, 2.24) is 0 Å². The third kappa shape index (κ3) is 5.80. The van der Waals surface area contributed by atoms with Crippen molar-refractivity contribution in [3.63, 3.8) is 0 Å². The van der Waals surface area contributed by atoms with E-state index in [9.17, 15) is 0 Å². The predicted octanol–water partition coefficient (Wildman–Crippen LogP) is 7.15. The van der Waals surface area contributed by atoms with Crippen LogP contribution in [-0.4, -0.2) is 0 Å². The van der Waals surface area contributed by atoms with E-state index in [2.05, 4.69) is 26.0 Å². The smallest absolute Gasteiger partial charge is 0.0233 e. The molecule has 0 aromatic rings. The second kappa shape index (κ2) is 9.70. The molecule has 2 aliphatic rings. The molecule has 0 saturated heterocycles. The summed E-state index contributed by atoms with van der Waals surface area (Å²) in [5.74, 6) is 4.15. The molecule has 0 aliphatic heterocycles. The molecule has 0 amide bonds. The highest BCUT2D eigenvalue weighted by Gasteiger charge is 2.29. The summed E-state index contributed by atoms with van der Waals surface area (Å²) in [6.07, 6.45) is 24.1. The molecule has 122 valence electrons. The van der Waals surface area contributed by atoms with Crippen molar-refractivity contribution in [3.05, 3.63) is 12.2 Å². The number of hydrogen-bond acceptors (Lipinski definition) is 0. The molecule has 0 atom stereocenters. The topological polar surface area (TPSA) is 0 Å². The molecule has 2 fully saturated rings. The minimum Gasteiger partial charge on any atom is -0.0883 e. The van der Waals surface area contributed by atoms with Crippen LogP contribution in [0.5, 0.6) is 0 Å². The van der Waals surface area contributed by atoms with Crippen molar-refractivity contribution < 1.29 is 0 Å². The normalized spacial score (nSPS) is 34.4. The van der Waals surface area contributed by atoms with E-state index in [1.807, 2.05) is 0 Å². The van der Waals surface area contributed by atoms with Crippen LogP contribution in [0.4, 0.5) is 0 Å². The zero-order valence-electron chi connectivity index (χ0n) is 14.7.